The van der Waals surface area contributed by atoms with Crippen molar-refractivity contribution in [2.75, 3.05) is 13.1 Å². The van der Waals surface area contributed by atoms with Gasteiger partial charge in [0.15, 0.2) is 0 Å². The van der Waals surface area contributed by atoms with Gasteiger partial charge in [-0.05, 0) is 30.0 Å². The molecule has 0 saturated carbocycles. The SMILES string of the molecule is N#CC(=Cc1ccccc1)C(=O)NC(=O)N1CC2C[C@@H](C1)c1cccc(=O)n1C2. The van der Waals surface area contributed by atoms with Gasteiger partial charge in [0.2, 0.25) is 0 Å². The van der Waals surface area contributed by atoms with E-state index in [-0.39, 0.29) is 23.0 Å². The number of amides is 3. The van der Waals surface area contributed by atoms with E-state index in [0.29, 0.717) is 25.2 Å². The molecule has 1 fully saturated rings. The number of piperidine rings is 1. The molecule has 7 heteroatoms. The smallest absolute Gasteiger partial charge is 0.323 e. The number of nitrogens with zero attached hydrogens (tertiary/aromatic N) is 3. The van der Waals surface area contributed by atoms with E-state index in [2.05, 4.69) is 5.32 Å². The van der Waals surface area contributed by atoms with Crippen molar-refractivity contribution in [3.8, 4) is 6.07 Å². The molecule has 2 aliphatic heterocycles. The van der Waals surface area contributed by atoms with E-state index >= 15 is 0 Å². The van der Waals surface area contributed by atoms with E-state index in [0.717, 1.165) is 12.1 Å². The molecule has 4 rings (SSSR count). The van der Waals surface area contributed by atoms with Crippen LogP contribution in [0.2, 0.25) is 0 Å². The Hall–Kier alpha value is -3.66. The summed E-state index contributed by atoms with van der Waals surface area (Å²) in [4.78, 5) is 38.8. The maximum absolute atomic E-state index is 12.7. The van der Waals surface area contributed by atoms with Gasteiger partial charge in [0.25, 0.3) is 11.5 Å². The van der Waals surface area contributed by atoms with Crippen LogP contribution in [-0.2, 0) is 11.3 Å². The van der Waals surface area contributed by atoms with Crippen LogP contribution in [-0.4, -0.2) is 34.5 Å². The Morgan fingerprint density at radius 2 is 1.86 bits per heavy atom. The number of carbonyl (C=O) groups is 2. The van der Waals surface area contributed by atoms with Crippen molar-refractivity contribution in [1.82, 2.24) is 14.8 Å². The molecule has 3 amide bonds. The maximum Gasteiger partial charge on any atom is 0.324 e. The van der Waals surface area contributed by atoms with Gasteiger partial charge in [-0.15, -0.1) is 0 Å². The quantitative estimate of drug-likeness (QED) is 0.630. The molecule has 146 valence electrons. The number of nitriles is 1. The molecule has 2 atom stereocenters. The minimum absolute atomic E-state index is 0.0185. The molecule has 2 aliphatic rings. The van der Waals surface area contributed by atoms with E-state index in [4.69, 9.17) is 0 Å². The number of nitrogens with one attached hydrogen (secondary N) is 1. The second-order valence-corrected chi connectivity index (χ2v) is 7.44. The first kappa shape index (κ1) is 18.7. The Balaban J connectivity index is 1.47. The van der Waals surface area contributed by atoms with Crippen LogP contribution in [0.15, 0.2) is 58.9 Å². The van der Waals surface area contributed by atoms with Crippen molar-refractivity contribution in [2.45, 2.75) is 18.9 Å². The number of imide groups is 1. The monoisotopic (exact) mass is 388 g/mol. The summed E-state index contributed by atoms with van der Waals surface area (Å²) in [5.41, 5.74) is 1.49. The van der Waals surface area contributed by atoms with Crippen LogP contribution in [0.5, 0.6) is 0 Å². The zero-order chi connectivity index (χ0) is 20.4. The van der Waals surface area contributed by atoms with Crippen LogP contribution < -0.4 is 10.9 Å². The molecule has 1 aromatic heterocycles. The van der Waals surface area contributed by atoms with Gasteiger partial charge in [0.05, 0.1) is 0 Å². The molecule has 29 heavy (non-hydrogen) atoms. The fourth-order valence-corrected chi connectivity index (χ4v) is 4.17. The Morgan fingerprint density at radius 3 is 2.62 bits per heavy atom. The number of urea groups is 1. The summed E-state index contributed by atoms with van der Waals surface area (Å²) in [5, 5.41) is 11.6. The van der Waals surface area contributed by atoms with E-state index in [1.807, 2.05) is 18.2 Å². The molecule has 0 spiro atoms. The molecule has 2 aromatic rings. The summed E-state index contributed by atoms with van der Waals surface area (Å²) in [7, 11) is 0. The number of carbonyl (C=O) groups excluding carboxylic acids is 2. The first-order valence-electron chi connectivity index (χ1n) is 9.52. The average Bonchev–Trinajstić information content (AvgIpc) is 2.73. The number of likely N-dealkylation sites (tertiary alicyclic amines) is 1. The zero-order valence-corrected chi connectivity index (χ0v) is 15.7. The highest BCUT2D eigenvalue weighted by molar-refractivity contribution is 6.08. The summed E-state index contributed by atoms with van der Waals surface area (Å²) in [6.45, 7) is 1.48. The van der Waals surface area contributed by atoms with Crippen molar-refractivity contribution in [3.05, 3.63) is 75.7 Å². The average molecular weight is 388 g/mol. The lowest BCUT2D eigenvalue weighted by Crippen LogP contribution is -2.52. The molecular weight excluding hydrogens is 368 g/mol. The molecule has 1 unspecified atom stereocenters. The van der Waals surface area contributed by atoms with Gasteiger partial charge in [-0.25, -0.2) is 4.79 Å². The van der Waals surface area contributed by atoms with Crippen LogP contribution >= 0.6 is 0 Å². The van der Waals surface area contributed by atoms with E-state index in [1.165, 1.54) is 6.08 Å². The van der Waals surface area contributed by atoms with Crippen molar-refractivity contribution in [3.63, 3.8) is 0 Å². The molecular formula is C22H20N4O3. The van der Waals surface area contributed by atoms with Gasteiger partial charge in [-0.3, -0.25) is 14.9 Å². The Kier molecular flexibility index (Phi) is 5.00. The molecule has 2 bridgehead atoms. The molecule has 1 N–H and O–H groups in total. The van der Waals surface area contributed by atoms with Crippen LogP contribution in [0, 0.1) is 17.2 Å². The fraction of sp³-hybridized carbons (Fsp3) is 0.273. The van der Waals surface area contributed by atoms with E-state index in [9.17, 15) is 19.6 Å². The summed E-state index contributed by atoms with van der Waals surface area (Å²) < 4.78 is 1.79. The molecule has 7 nitrogen and oxygen atoms in total. The first-order chi connectivity index (χ1) is 14.0. The van der Waals surface area contributed by atoms with Gasteiger partial charge in [0, 0.05) is 37.3 Å². The van der Waals surface area contributed by atoms with Crippen molar-refractivity contribution >= 4 is 18.0 Å². The van der Waals surface area contributed by atoms with Gasteiger partial charge in [0.1, 0.15) is 11.6 Å². The lowest BCUT2D eigenvalue weighted by molar-refractivity contribution is -0.116. The summed E-state index contributed by atoms with van der Waals surface area (Å²) in [6, 6.07) is 15.6. The lowest BCUT2D eigenvalue weighted by atomic mass is 9.83. The van der Waals surface area contributed by atoms with Crippen LogP contribution in [0.4, 0.5) is 4.79 Å². The normalized spacial score (nSPS) is 20.4. The number of pyridine rings is 1. The van der Waals surface area contributed by atoms with E-state index < -0.39 is 11.9 Å². The number of benzene rings is 1. The molecule has 0 radical (unpaired) electrons. The highest BCUT2D eigenvalue weighted by atomic mass is 16.2. The minimum Gasteiger partial charge on any atom is -0.323 e. The third-order valence-corrected chi connectivity index (χ3v) is 5.46. The van der Waals surface area contributed by atoms with Crippen molar-refractivity contribution in [1.29, 1.82) is 5.26 Å². The number of fused-ring (bicyclic) bond motifs is 4. The molecule has 3 heterocycles. The summed E-state index contributed by atoms with van der Waals surface area (Å²) >= 11 is 0. The van der Waals surface area contributed by atoms with Gasteiger partial charge >= 0.3 is 6.03 Å². The third kappa shape index (κ3) is 3.83. The number of hydrogen-bond acceptors (Lipinski definition) is 4. The number of hydrogen-bond donors (Lipinski definition) is 1. The third-order valence-electron chi connectivity index (χ3n) is 5.46. The van der Waals surface area contributed by atoms with Crippen molar-refractivity contribution in [2.24, 2.45) is 5.92 Å². The highest BCUT2D eigenvalue weighted by Gasteiger charge is 2.36. The largest absolute Gasteiger partial charge is 0.324 e. The molecule has 1 saturated heterocycles. The maximum atomic E-state index is 12.7. The van der Waals surface area contributed by atoms with Crippen LogP contribution in [0.3, 0.4) is 0 Å². The van der Waals surface area contributed by atoms with Crippen LogP contribution in [0.25, 0.3) is 6.08 Å². The van der Waals surface area contributed by atoms with Gasteiger partial charge in [-0.2, -0.15) is 5.26 Å². The Morgan fingerprint density at radius 1 is 1.07 bits per heavy atom. The van der Waals surface area contributed by atoms with Crippen LogP contribution in [0.1, 0.15) is 23.6 Å². The summed E-state index contributed by atoms with van der Waals surface area (Å²) in [6.07, 6.45) is 2.37. The van der Waals surface area contributed by atoms with E-state index in [1.54, 1.807) is 45.9 Å². The second kappa shape index (κ2) is 7.76. The lowest BCUT2D eigenvalue weighted by Gasteiger charge is -2.42. The molecule has 1 aromatic carbocycles. The predicted molar refractivity (Wildman–Crippen MR) is 107 cm³/mol. The van der Waals surface area contributed by atoms with Gasteiger partial charge < -0.3 is 9.47 Å². The van der Waals surface area contributed by atoms with Gasteiger partial charge in [-0.1, -0.05) is 36.4 Å². The minimum atomic E-state index is -0.714. The topological polar surface area (TPSA) is 95.2 Å². The highest BCUT2D eigenvalue weighted by Crippen LogP contribution is 2.34. The van der Waals surface area contributed by atoms with Crippen molar-refractivity contribution < 1.29 is 9.59 Å². The number of rotatable bonds is 2. The Bertz CT molecular complexity index is 1080. The molecule has 0 aliphatic carbocycles. The zero-order valence-electron chi connectivity index (χ0n) is 15.7. The predicted octanol–water partition coefficient (Wildman–Crippen LogP) is 2.11. The Labute approximate surface area is 167 Å². The first-order valence-corrected chi connectivity index (χ1v) is 9.52. The summed E-state index contributed by atoms with van der Waals surface area (Å²) in [5.74, 6) is -0.487. The standard InChI is InChI=1S/C22H20N4O3/c23-11-17(9-15-5-2-1-3-6-15)21(28)24-22(29)25-12-16-10-18(14-25)19-7-4-8-20(27)26(19)13-16/h1-9,16,18H,10,12-14H2,(H,24,28,29)/t16?,18-/m0/s1. The number of aromatic nitrogens is 1. The second-order valence-electron chi connectivity index (χ2n) is 7.44. The fourth-order valence-electron chi connectivity index (χ4n) is 4.17.